The SMILES string of the molecule is CC(Sc1ccc(S(=O)(=O)N(C)C2CCCCC2)cn1)C(=O)N1CCCCCC1. The molecule has 1 saturated heterocycles. The number of amides is 1. The standard InChI is InChI=1S/C21H33N3O3S2/c1-17(21(25)24-14-8-3-4-9-15-24)28-20-13-12-19(16-22-20)29(26,27)23(2)18-10-6-5-7-11-18/h12-13,16-18H,3-11,14-15H2,1-2H3. The molecule has 8 heteroatoms. The van der Waals surface area contributed by atoms with Crippen LogP contribution >= 0.6 is 11.8 Å². The van der Waals surface area contributed by atoms with Crippen molar-refractivity contribution in [3.05, 3.63) is 18.3 Å². The van der Waals surface area contributed by atoms with E-state index in [2.05, 4.69) is 4.98 Å². The van der Waals surface area contributed by atoms with E-state index in [0.29, 0.717) is 5.03 Å². The Balaban J connectivity index is 1.62. The molecule has 2 heterocycles. The highest BCUT2D eigenvalue weighted by atomic mass is 32.2. The maximum absolute atomic E-state index is 12.9. The zero-order valence-electron chi connectivity index (χ0n) is 17.5. The summed E-state index contributed by atoms with van der Waals surface area (Å²) in [5, 5.41) is 0.452. The van der Waals surface area contributed by atoms with Crippen molar-refractivity contribution in [2.45, 2.75) is 85.9 Å². The van der Waals surface area contributed by atoms with Crippen molar-refractivity contribution in [2.24, 2.45) is 0 Å². The van der Waals surface area contributed by atoms with Gasteiger partial charge in [0, 0.05) is 32.4 Å². The first kappa shape index (κ1) is 22.6. The van der Waals surface area contributed by atoms with E-state index in [1.54, 1.807) is 19.2 Å². The third-order valence-corrected chi connectivity index (χ3v) is 8.97. The molecule has 162 valence electrons. The highest BCUT2D eigenvalue weighted by molar-refractivity contribution is 8.00. The first-order chi connectivity index (χ1) is 13.9. The first-order valence-corrected chi connectivity index (χ1v) is 13.1. The molecule has 1 aliphatic carbocycles. The van der Waals surface area contributed by atoms with Gasteiger partial charge in [0.15, 0.2) is 0 Å². The van der Waals surface area contributed by atoms with Crippen LogP contribution in [-0.2, 0) is 14.8 Å². The number of nitrogens with zero attached hydrogens (tertiary/aromatic N) is 3. The lowest BCUT2D eigenvalue weighted by Gasteiger charge is -2.30. The molecular weight excluding hydrogens is 406 g/mol. The van der Waals surface area contributed by atoms with E-state index in [-0.39, 0.29) is 22.1 Å². The van der Waals surface area contributed by atoms with Crippen LogP contribution in [0, 0.1) is 0 Å². The smallest absolute Gasteiger partial charge is 0.244 e. The second-order valence-corrected chi connectivity index (χ2v) is 11.5. The summed E-state index contributed by atoms with van der Waals surface area (Å²) in [4.78, 5) is 19.2. The van der Waals surface area contributed by atoms with E-state index >= 15 is 0 Å². The number of likely N-dealkylation sites (tertiary alicyclic amines) is 1. The van der Waals surface area contributed by atoms with Crippen LogP contribution in [0.5, 0.6) is 0 Å². The Bertz CT molecular complexity index is 769. The summed E-state index contributed by atoms with van der Waals surface area (Å²) >= 11 is 1.40. The molecule has 1 atom stereocenters. The lowest BCUT2D eigenvalue weighted by molar-refractivity contribution is -0.130. The second kappa shape index (κ2) is 10.3. The van der Waals surface area contributed by atoms with Crippen molar-refractivity contribution < 1.29 is 13.2 Å². The maximum Gasteiger partial charge on any atom is 0.244 e. The van der Waals surface area contributed by atoms with Crippen LogP contribution in [0.15, 0.2) is 28.3 Å². The molecule has 1 saturated carbocycles. The van der Waals surface area contributed by atoms with E-state index in [1.165, 1.54) is 41.5 Å². The van der Waals surface area contributed by atoms with Gasteiger partial charge in [-0.15, -0.1) is 0 Å². The number of aromatic nitrogens is 1. The highest BCUT2D eigenvalue weighted by Gasteiger charge is 2.29. The number of thioether (sulfide) groups is 1. The summed E-state index contributed by atoms with van der Waals surface area (Å²) in [5.74, 6) is 0.146. The summed E-state index contributed by atoms with van der Waals surface area (Å²) < 4.78 is 27.4. The van der Waals surface area contributed by atoms with Crippen molar-refractivity contribution in [3.8, 4) is 0 Å². The van der Waals surface area contributed by atoms with Crippen molar-refractivity contribution in [1.29, 1.82) is 0 Å². The molecule has 2 fully saturated rings. The molecule has 1 aliphatic heterocycles. The molecule has 0 bridgehead atoms. The van der Waals surface area contributed by atoms with Crippen molar-refractivity contribution in [2.75, 3.05) is 20.1 Å². The van der Waals surface area contributed by atoms with Crippen LogP contribution in [0.3, 0.4) is 0 Å². The van der Waals surface area contributed by atoms with Crippen LogP contribution in [0.2, 0.25) is 0 Å². The van der Waals surface area contributed by atoms with E-state index in [1.807, 2.05) is 11.8 Å². The Morgan fingerprint density at radius 3 is 2.31 bits per heavy atom. The molecule has 0 spiro atoms. The van der Waals surface area contributed by atoms with E-state index in [4.69, 9.17) is 0 Å². The van der Waals surface area contributed by atoms with Crippen molar-refractivity contribution >= 4 is 27.7 Å². The number of rotatable bonds is 6. The van der Waals surface area contributed by atoms with Crippen LogP contribution < -0.4 is 0 Å². The zero-order valence-corrected chi connectivity index (χ0v) is 19.2. The average molecular weight is 440 g/mol. The molecular formula is C21H33N3O3S2. The number of hydrogen-bond acceptors (Lipinski definition) is 5. The summed E-state index contributed by atoms with van der Waals surface area (Å²) in [6.45, 7) is 3.57. The van der Waals surface area contributed by atoms with E-state index < -0.39 is 10.0 Å². The highest BCUT2D eigenvalue weighted by Crippen LogP contribution is 2.28. The third-order valence-electron chi connectivity index (χ3n) is 6.04. The first-order valence-electron chi connectivity index (χ1n) is 10.8. The molecule has 3 rings (SSSR count). The van der Waals surface area contributed by atoms with Gasteiger partial charge in [-0.1, -0.05) is 43.9 Å². The fourth-order valence-electron chi connectivity index (χ4n) is 4.18. The lowest BCUT2D eigenvalue weighted by Crippen LogP contribution is -2.38. The molecule has 1 aromatic heterocycles. The second-order valence-electron chi connectivity index (χ2n) is 8.14. The Labute approximate surface area is 179 Å². The summed E-state index contributed by atoms with van der Waals surface area (Å²) in [7, 11) is -1.86. The van der Waals surface area contributed by atoms with Crippen LogP contribution in [-0.4, -0.2) is 59.9 Å². The van der Waals surface area contributed by atoms with Gasteiger partial charge in [-0.05, 0) is 44.7 Å². The normalized spacial score (nSPS) is 20.4. The topological polar surface area (TPSA) is 70.6 Å². The summed E-state index contributed by atoms with van der Waals surface area (Å²) in [5.41, 5.74) is 0. The molecule has 29 heavy (non-hydrogen) atoms. The predicted octanol–water partition coefficient (Wildman–Crippen LogP) is 3.92. The van der Waals surface area contributed by atoms with Gasteiger partial charge in [-0.2, -0.15) is 4.31 Å². The molecule has 1 aromatic rings. The Hall–Kier alpha value is -1.12. The van der Waals surface area contributed by atoms with Gasteiger partial charge in [-0.25, -0.2) is 13.4 Å². The number of hydrogen-bond donors (Lipinski definition) is 0. The van der Waals surface area contributed by atoms with E-state index in [9.17, 15) is 13.2 Å². The number of pyridine rings is 1. The molecule has 0 aromatic carbocycles. The summed E-state index contributed by atoms with van der Waals surface area (Å²) in [6, 6.07) is 3.42. The number of carbonyl (C=O) groups excluding carboxylic acids is 1. The van der Waals surface area contributed by atoms with Gasteiger partial charge < -0.3 is 4.90 Å². The predicted molar refractivity (Wildman–Crippen MR) is 116 cm³/mol. The minimum absolute atomic E-state index is 0.0778. The third kappa shape index (κ3) is 5.73. The molecule has 2 aliphatic rings. The quantitative estimate of drug-likeness (QED) is 0.628. The fourth-order valence-corrected chi connectivity index (χ4v) is 6.41. The zero-order chi connectivity index (χ0) is 20.9. The van der Waals surface area contributed by atoms with Gasteiger partial charge >= 0.3 is 0 Å². The Morgan fingerprint density at radius 1 is 1.10 bits per heavy atom. The van der Waals surface area contributed by atoms with Crippen molar-refractivity contribution in [3.63, 3.8) is 0 Å². The van der Waals surface area contributed by atoms with Crippen LogP contribution in [0.1, 0.15) is 64.7 Å². The molecule has 0 radical (unpaired) electrons. The number of sulfonamides is 1. The van der Waals surface area contributed by atoms with Gasteiger partial charge in [0.05, 0.1) is 10.3 Å². The maximum atomic E-state index is 12.9. The fraction of sp³-hybridized carbons (Fsp3) is 0.714. The molecule has 1 unspecified atom stereocenters. The van der Waals surface area contributed by atoms with Gasteiger partial charge in [0.1, 0.15) is 4.90 Å². The van der Waals surface area contributed by atoms with Gasteiger partial charge in [0.2, 0.25) is 15.9 Å². The average Bonchev–Trinajstić information content (AvgIpc) is 3.03. The molecule has 0 N–H and O–H groups in total. The van der Waals surface area contributed by atoms with Crippen LogP contribution in [0.4, 0.5) is 0 Å². The Kier molecular flexibility index (Phi) is 7.99. The minimum Gasteiger partial charge on any atom is -0.342 e. The largest absolute Gasteiger partial charge is 0.342 e. The van der Waals surface area contributed by atoms with Gasteiger partial charge in [-0.3, -0.25) is 4.79 Å². The van der Waals surface area contributed by atoms with Crippen molar-refractivity contribution in [1.82, 2.24) is 14.2 Å². The minimum atomic E-state index is -3.53. The number of carbonyl (C=O) groups is 1. The molecule has 6 nitrogen and oxygen atoms in total. The lowest BCUT2D eigenvalue weighted by atomic mass is 9.96. The van der Waals surface area contributed by atoms with E-state index in [0.717, 1.165) is 51.6 Å². The monoisotopic (exact) mass is 439 g/mol. The Morgan fingerprint density at radius 2 is 1.72 bits per heavy atom. The van der Waals surface area contributed by atoms with Gasteiger partial charge in [0.25, 0.3) is 0 Å². The van der Waals surface area contributed by atoms with Crippen LogP contribution in [0.25, 0.3) is 0 Å². The molecule has 1 amide bonds. The summed E-state index contributed by atoms with van der Waals surface area (Å²) in [6.07, 6.45) is 11.2.